The largest absolute Gasteiger partial charge is 0.294 e. The molecule has 122 valence electrons. The van der Waals surface area contributed by atoms with Crippen LogP contribution in [-0.4, -0.2) is 20.3 Å². The molecule has 1 aliphatic heterocycles. The second-order valence-corrected chi connectivity index (χ2v) is 12.0. The Bertz CT molecular complexity index is 316. The summed E-state index contributed by atoms with van der Waals surface area (Å²) >= 11 is 0. The molecule has 2 heteroatoms. The summed E-state index contributed by atoms with van der Waals surface area (Å²) in [5.41, 5.74) is 2.14. The van der Waals surface area contributed by atoms with Crippen LogP contribution in [0.5, 0.6) is 0 Å². The van der Waals surface area contributed by atoms with Crippen molar-refractivity contribution in [1.29, 1.82) is 0 Å². The smallest absolute Gasteiger partial charge is 0.0641 e. The summed E-state index contributed by atoms with van der Waals surface area (Å²) in [6, 6.07) is 2.85. The molecule has 0 aromatic heterocycles. The molecular weight excluding hydrogens is 270 g/mol. The number of allylic oxidation sites excluding steroid dienone is 1. The lowest BCUT2D eigenvalue weighted by atomic mass is 10.0. The molecule has 0 bridgehead atoms. The fourth-order valence-corrected chi connectivity index (χ4v) is 8.85. The van der Waals surface area contributed by atoms with Gasteiger partial charge in [-0.15, -0.1) is 6.58 Å². The third-order valence-corrected chi connectivity index (χ3v) is 10.5. The first-order valence-corrected chi connectivity index (χ1v) is 12.3. The van der Waals surface area contributed by atoms with Crippen LogP contribution < -0.4 is 0 Å². The molecule has 0 saturated carbocycles. The van der Waals surface area contributed by atoms with E-state index in [9.17, 15) is 0 Å². The lowest BCUT2D eigenvalue weighted by Gasteiger charge is -2.35. The van der Waals surface area contributed by atoms with Gasteiger partial charge in [0.25, 0.3) is 0 Å². The van der Waals surface area contributed by atoms with Crippen LogP contribution in [0.2, 0.25) is 24.2 Å². The van der Waals surface area contributed by atoms with E-state index in [4.69, 9.17) is 4.99 Å². The summed E-state index contributed by atoms with van der Waals surface area (Å²) in [4.78, 5) is 5.07. The summed E-state index contributed by atoms with van der Waals surface area (Å²) < 4.78 is 0. The van der Waals surface area contributed by atoms with Crippen molar-refractivity contribution in [3.8, 4) is 0 Å². The van der Waals surface area contributed by atoms with Gasteiger partial charge in [-0.2, -0.15) is 0 Å². The Hall–Kier alpha value is -0.373. The molecule has 0 aliphatic carbocycles. The van der Waals surface area contributed by atoms with Crippen molar-refractivity contribution >= 4 is 13.8 Å². The highest BCUT2D eigenvalue weighted by Gasteiger charge is 2.35. The second kappa shape index (κ2) is 10.4. The van der Waals surface area contributed by atoms with Gasteiger partial charge in [-0.25, -0.2) is 0 Å². The van der Waals surface area contributed by atoms with Gasteiger partial charge >= 0.3 is 0 Å². The average molecular weight is 308 g/mol. The third-order valence-electron chi connectivity index (χ3n) is 5.14. The molecule has 1 heterocycles. The highest BCUT2D eigenvalue weighted by molar-refractivity contribution is 6.83. The molecule has 1 rings (SSSR count). The quantitative estimate of drug-likeness (QED) is 0.370. The summed E-state index contributed by atoms with van der Waals surface area (Å²) in [7, 11) is -1.28. The van der Waals surface area contributed by atoms with Gasteiger partial charge in [-0.3, -0.25) is 4.99 Å². The Morgan fingerprint density at radius 3 is 2.19 bits per heavy atom. The Kier molecular flexibility index (Phi) is 9.22. The van der Waals surface area contributed by atoms with E-state index in [0.717, 1.165) is 6.54 Å². The lowest BCUT2D eigenvalue weighted by molar-refractivity contribution is 0.595. The number of rotatable bonds is 7. The Balaban J connectivity index is 2.90. The van der Waals surface area contributed by atoms with Gasteiger partial charge in [0, 0.05) is 17.8 Å². The molecule has 0 radical (unpaired) electrons. The Morgan fingerprint density at radius 2 is 1.62 bits per heavy atom. The lowest BCUT2D eigenvalue weighted by Crippen LogP contribution is -2.39. The first-order valence-electron chi connectivity index (χ1n) is 9.33. The van der Waals surface area contributed by atoms with Crippen LogP contribution in [0.25, 0.3) is 0 Å². The highest BCUT2D eigenvalue weighted by Crippen LogP contribution is 2.36. The molecule has 0 aromatic carbocycles. The first kappa shape index (κ1) is 18.7. The van der Waals surface area contributed by atoms with Crippen molar-refractivity contribution in [2.24, 2.45) is 4.99 Å². The zero-order valence-electron chi connectivity index (χ0n) is 14.8. The maximum Gasteiger partial charge on any atom is 0.0641 e. The molecule has 0 spiro atoms. The SMILES string of the molecule is C=CC(C1=NCCCCCCCC1)[Si](C)(CCC)CCC. The molecule has 0 fully saturated rings. The standard InChI is InChI=1S/C19H37NSi/c1-5-16-21(4,17-6-2)19(7-3)18-14-12-10-8-9-11-13-15-20-18/h7,19H,3,5-6,8-17H2,1-2,4H3. The minimum Gasteiger partial charge on any atom is -0.294 e. The van der Waals surface area contributed by atoms with E-state index < -0.39 is 8.07 Å². The number of aliphatic imine (C=N–C) groups is 1. The van der Waals surface area contributed by atoms with Crippen LogP contribution in [0.1, 0.15) is 71.6 Å². The first-order chi connectivity index (χ1) is 10.2. The predicted molar refractivity (Wildman–Crippen MR) is 100 cm³/mol. The molecule has 0 saturated heterocycles. The normalized spacial score (nSPS) is 19.7. The van der Waals surface area contributed by atoms with Crippen molar-refractivity contribution in [2.45, 2.75) is 95.8 Å². The summed E-state index contributed by atoms with van der Waals surface area (Å²) in [5.74, 6) is 0. The van der Waals surface area contributed by atoms with Gasteiger partial charge in [0.15, 0.2) is 0 Å². The zero-order chi connectivity index (χ0) is 15.6. The van der Waals surface area contributed by atoms with Crippen molar-refractivity contribution in [1.82, 2.24) is 0 Å². The van der Waals surface area contributed by atoms with Gasteiger partial charge in [-0.05, 0) is 19.3 Å². The van der Waals surface area contributed by atoms with Gasteiger partial charge in [0.05, 0.1) is 8.07 Å². The third kappa shape index (κ3) is 6.10. The van der Waals surface area contributed by atoms with Crippen LogP contribution in [0.3, 0.4) is 0 Å². The molecule has 1 unspecified atom stereocenters. The summed E-state index contributed by atoms with van der Waals surface area (Å²) in [6.07, 6.45) is 14.4. The zero-order valence-corrected chi connectivity index (χ0v) is 15.8. The molecular formula is C19H37NSi. The van der Waals surface area contributed by atoms with Gasteiger partial charge in [0.2, 0.25) is 0 Å². The highest BCUT2D eigenvalue weighted by atomic mass is 28.3. The van der Waals surface area contributed by atoms with Crippen LogP contribution in [-0.2, 0) is 0 Å². The predicted octanol–water partition coefficient (Wildman–Crippen LogP) is 6.63. The van der Waals surface area contributed by atoms with Crippen molar-refractivity contribution in [3.63, 3.8) is 0 Å². The average Bonchev–Trinajstić information content (AvgIpc) is 2.46. The fraction of sp³-hybridized carbons (Fsp3) is 0.842. The molecule has 1 nitrogen and oxygen atoms in total. The van der Waals surface area contributed by atoms with Crippen LogP contribution in [0.4, 0.5) is 0 Å². The second-order valence-electron chi connectivity index (χ2n) is 7.11. The van der Waals surface area contributed by atoms with Gasteiger partial charge in [-0.1, -0.05) is 77.1 Å². The molecule has 0 N–H and O–H groups in total. The minimum absolute atomic E-state index is 0.622. The van der Waals surface area contributed by atoms with E-state index in [0.29, 0.717) is 5.54 Å². The molecule has 1 aliphatic rings. The van der Waals surface area contributed by atoms with Gasteiger partial charge < -0.3 is 0 Å². The minimum atomic E-state index is -1.28. The monoisotopic (exact) mass is 307 g/mol. The van der Waals surface area contributed by atoms with Crippen LogP contribution >= 0.6 is 0 Å². The Morgan fingerprint density at radius 1 is 1.05 bits per heavy atom. The number of hydrogen-bond donors (Lipinski definition) is 0. The van der Waals surface area contributed by atoms with E-state index in [1.54, 1.807) is 0 Å². The fourth-order valence-electron chi connectivity index (χ4n) is 4.08. The molecule has 0 aromatic rings. The Labute approximate surface area is 134 Å². The van der Waals surface area contributed by atoms with E-state index in [1.807, 2.05) is 0 Å². The van der Waals surface area contributed by atoms with E-state index >= 15 is 0 Å². The van der Waals surface area contributed by atoms with Crippen molar-refractivity contribution in [2.75, 3.05) is 6.54 Å². The number of nitrogens with zero attached hydrogens (tertiary/aromatic N) is 1. The maximum atomic E-state index is 5.07. The van der Waals surface area contributed by atoms with E-state index in [2.05, 4.69) is 33.0 Å². The number of hydrogen-bond acceptors (Lipinski definition) is 1. The van der Waals surface area contributed by atoms with E-state index in [1.165, 1.54) is 75.6 Å². The van der Waals surface area contributed by atoms with Crippen LogP contribution in [0.15, 0.2) is 17.6 Å². The summed E-state index contributed by atoms with van der Waals surface area (Å²) in [6.45, 7) is 12.6. The molecule has 0 amide bonds. The topological polar surface area (TPSA) is 12.4 Å². The van der Waals surface area contributed by atoms with Gasteiger partial charge in [0.1, 0.15) is 0 Å². The molecule has 21 heavy (non-hydrogen) atoms. The van der Waals surface area contributed by atoms with E-state index in [-0.39, 0.29) is 0 Å². The summed E-state index contributed by atoms with van der Waals surface area (Å²) in [5, 5.41) is 0. The maximum absolute atomic E-state index is 5.07. The molecule has 1 atom stereocenters. The van der Waals surface area contributed by atoms with Crippen molar-refractivity contribution < 1.29 is 0 Å². The van der Waals surface area contributed by atoms with Crippen molar-refractivity contribution in [3.05, 3.63) is 12.7 Å². The van der Waals surface area contributed by atoms with Crippen LogP contribution in [0, 0.1) is 0 Å².